The van der Waals surface area contributed by atoms with Crippen LogP contribution in [0, 0.1) is 6.92 Å². The molecule has 0 unspecified atom stereocenters. The molecule has 0 fully saturated rings. The average molecular weight is 316 g/mol. The number of fused-ring (bicyclic) bond motifs is 3. The molecular formula is C21H22N3+. The van der Waals surface area contributed by atoms with Crippen molar-refractivity contribution in [1.29, 1.82) is 0 Å². The fourth-order valence-electron chi connectivity index (χ4n) is 3.36. The van der Waals surface area contributed by atoms with Crippen molar-refractivity contribution in [2.45, 2.75) is 26.7 Å². The molecule has 1 aromatic carbocycles. The number of nitrogens with zero attached hydrogens (tertiary/aromatic N) is 3. The Morgan fingerprint density at radius 2 is 1.92 bits per heavy atom. The Balaban J connectivity index is 2.00. The first-order valence-electron chi connectivity index (χ1n) is 8.42. The molecule has 0 spiro atoms. The SMILES string of the molecule is Cc1c(-c2cc(C(C)C)cc[n+]2C)ccc2c1nc1ccccn12. The molecule has 0 N–H and O–H groups in total. The summed E-state index contributed by atoms with van der Waals surface area (Å²) in [6.45, 7) is 6.64. The summed E-state index contributed by atoms with van der Waals surface area (Å²) in [6.07, 6.45) is 4.22. The summed E-state index contributed by atoms with van der Waals surface area (Å²) in [5.41, 5.74) is 8.30. The molecule has 0 saturated heterocycles. The second kappa shape index (κ2) is 5.45. The molecule has 0 saturated carbocycles. The van der Waals surface area contributed by atoms with Crippen LogP contribution in [0.5, 0.6) is 0 Å². The maximum absolute atomic E-state index is 4.84. The second-order valence-electron chi connectivity index (χ2n) is 6.76. The monoisotopic (exact) mass is 316 g/mol. The maximum Gasteiger partial charge on any atom is 0.212 e. The standard InChI is InChI=1S/C21H22N3/c1-14(2)16-10-12-23(4)19(13-16)17-8-9-18-21(15(17)3)22-20-7-5-6-11-24(18)20/h5-14H,1-4H3/q+1. The van der Waals surface area contributed by atoms with Crippen molar-refractivity contribution < 1.29 is 4.57 Å². The third-order valence-corrected chi connectivity index (χ3v) is 4.85. The third kappa shape index (κ3) is 2.20. The average Bonchev–Trinajstić information content (AvgIpc) is 2.96. The smallest absolute Gasteiger partial charge is 0.212 e. The van der Waals surface area contributed by atoms with Crippen LogP contribution in [-0.4, -0.2) is 9.38 Å². The van der Waals surface area contributed by atoms with E-state index in [0.717, 1.165) is 16.7 Å². The van der Waals surface area contributed by atoms with Gasteiger partial charge in [-0.25, -0.2) is 9.55 Å². The molecule has 4 rings (SSSR count). The van der Waals surface area contributed by atoms with Gasteiger partial charge in [0.2, 0.25) is 5.69 Å². The van der Waals surface area contributed by atoms with Gasteiger partial charge in [-0.15, -0.1) is 0 Å². The van der Waals surface area contributed by atoms with Gasteiger partial charge in [-0.1, -0.05) is 19.9 Å². The van der Waals surface area contributed by atoms with Gasteiger partial charge >= 0.3 is 0 Å². The Bertz CT molecular complexity index is 1060. The van der Waals surface area contributed by atoms with Crippen molar-refractivity contribution in [2.75, 3.05) is 0 Å². The number of aromatic nitrogens is 3. The van der Waals surface area contributed by atoms with Crippen molar-refractivity contribution >= 4 is 16.7 Å². The topological polar surface area (TPSA) is 21.2 Å². The lowest BCUT2D eigenvalue weighted by molar-refractivity contribution is -0.660. The van der Waals surface area contributed by atoms with Crippen molar-refractivity contribution in [2.24, 2.45) is 7.05 Å². The molecule has 3 aromatic heterocycles. The normalized spacial score (nSPS) is 11.7. The van der Waals surface area contributed by atoms with Crippen LogP contribution in [-0.2, 0) is 7.05 Å². The van der Waals surface area contributed by atoms with Crippen LogP contribution in [0.4, 0.5) is 0 Å². The van der Waals surface area contributed by atoms with Crippen molar-refractivity contribution in [3.63, 3.8) is 0 Å². The first kappa shape index (κ1) is 14.9. The lowest BCUT2D eigenvalue weighted by Crippen LogP contribution is -2.30. The van der Waals surface area contributed by atoms with Crippen molar-refractivity contribution in [3.8, 4) is 11.3 Å². The summed E-state index contributed by atoms with van der Waals surface area (Å²) in [6, 6.07) is 15.0. The highest BCUT2D eigenvalue weighted by Crippen LogP contribution is 2.29. The van der Waals surface area contributed by atoms with Crippen LogP contribution in [0.2, 0.25) is 0 Å². The van der Waals surface area contributed by atoms with Crippen LogP contribution >= 0.6 is 0 Å². The summed E-state index contributed by atoms with van der Waals surface area (Å²) >= 11 is 0. The van der Waals surface area contributed by atoms with E-state index < -0.39 is 0 Å². The van der Waals surface area contributed by atoms with E-state index in [2.05, 4.69) is 79.5 Å². The van der Waals surface area contributed by atoms with Crippen LogP contribution in [0.1, 0.15) is 30.9 Å². The minimum Gasteiger partial charge on any atom is -0.300 e. The Kier molecular flexibility index (Phi) is 3.38. The fraction of sp³-hybridized carbons (Fsp3) is 0.238. The third-order valence-electron chi connectivity index (χ3n) is 4.85. The highest BCUT2D eigenvalue weighted by molar-refractivity contribution is 5.88. The van der Waals surface area contributed by atoms with Gasteiger partial charge in [0.15, 0.2) is 6.20 Å². The van der Waals surface area contributed by atoms with Gasteiger partial charge in [-0.2, -0.15) is 0 Å². The molecule has 3 heterocycles. The Morgan fingerprint density at radius 1 is 1.08 bits per heavy atom. The number of rotatable bonds is 2. The van der Waals surface area contributed by atoms with E-state index in [4.69, 9.17) is 4.98 Å². The summed E-state index contributed by atoms with van der Waals surface area (Å²) < 4.78 is 4.34. The molecule has 24 heavy (non-hydrogen) atoms. The molecule has 0 aliphatic heterocycles. The van der Waals surface area contributed by atoms with Gasteiger partial charge in [0.1, 0.15) is 12.7 Å². The van der Waals surface area contributed by atoms with Crippen LogP contribution in [0.15, 0.2) is 54.9 Å². The fourth-order valence-corrected chi connectivity index (χ4v) is 3.36. The van der Waals surface area contributed by atoms with E-state index in [9.17, 15) is 0 Å². The van der Waals surface area contributed by atoms with E-state index in [1.807, 2.05) is 12.1 Å². The minimum atomic E-state index is 0.518. The Hall–Kier alpha value is -2.68. The predicted molar refractivity (Wildman–Crippen MR) is 98.1 cm³/mol. The number of aryl methyl sites for hydroxylation is 2. The number of hydrogen-bond donors (Lipinski definition) is 0. The minimum absolute atomic E-state index is 0.518. The lowest BCUT2D eigenvalue weighted by atomic mass is 9.98. The molecule has 0 aliphatic rings. The highest BCUT2D eigenvalue weighted by atomic mass is 15.0. The van der Waals surface area contributed by atoms with Crippen molar-refractivity contribution in [1.82, 2.24) is 9.38 Å². The van der Waals surface area contributed by atoms with E-state index in [-0.39, 0.29) is 0 Å². The van der Waals surface area contributed by atoms with Gasteiger partial charge in [-0.05, 0) is 48.2 Å². The van der Waals surface area contributed by atoms with Gasteiger partial charge in [-0.3, -0.25) is 4.40 Å². The van der Waals surface area contributed by atoms with Crippen molar-refractivity contribution in [3.05, 3.63) is 66.0 Å². The van der Waals surface area contributed by atoms with E-state index in [0.29, 0.717) is 5.92 Å². The lowest BCUT2D eigenvalue weighted by Gasteiger charge is -2.09. The highest BCUT2D eigenvalue weighted by Gasteiger charge is 2.18. The largest absolute Gasteiger partial charge is 0.300 e. The number of hydrogen-bond acceptors (Lipinski definition) is 1. The van der Waals surface area contributed by atoms with Crippen LogP contribution in [0.3, 0.4) is 0 Å². The first-order valence-corrected chi connectivity index (χ1v) is 8.42. The molecular weight excluding hydrogens is 294 g/mol. The molecule has 0 atom stereocenters. The molecule has 0 bridgehead atoms. The molecule has 0 aliphatic carbocycles. The number of imidazole rings is 1. The zero-order valence-corrected chi connectivity index (χ0v) is 14.6. The van der Waals surface area contributed by atoms with Gasteiger partial charge in [0, 0.05) is 18.3 Å². The molecule has 0 amide bonds. The summed E-state index contributed by atoms with van der Waals surface area (Å²) in [7, 11) is 2.10. The molecule has 120 valence electrons. The molecule has 3 heteroatoms. The molecule has 0 radical (unpaired) electrons. The maximum atomic E-state index is 4.84. The van der Waals surface area contributed by atoms with E-state index in [1.54, 1.807) is 0 Å². The molecule has 4 aromatic rings. The summed E-state index contributed by atoms with van der Waals surface area (Å²) in [5, 5.41) is 0. The van der Waals surface area contributed by atoms with Gasteiger partial charge in [0.25, 0.3) is 0 Å². The van der Waals surface area contributed by atoms with Crippen LogP contribution in [0.25, 0.3) is 27.9 Å². The Morgan fingerprint density at radius 3 is 2.71 bits per heavy atom. The second-order valence-corrected chi connectivity index (χ2v) is 6.76. The summed E-state index contributed by atoms with van der Waals surface area (Å²) in [5.74, 6) is 0.518. The van der Waals surface area contributed by atoms with E-state index in [1.165, 1.54) is 22.4 Å². The number of pyridine rings is 2. The Labute approximate surface area is 142 Å². The summed E-state index contributed by atoms with van der Waals surface area (Å²) in [4.78, 5) is 4.84. The predicted octanol–water partition coefficient (Wildman–Crippen LogP) is 4.41. The van der Waals surface area contributed by atoms with E-state index >= 15 is 0 Å². The first-order chi connectivity index (χ1) is 11.6. The molecule has 3 nitrogen and oxygen atoms in total. The number of benzene rings is 1. The van der Waals surface area contributed by atoms with Gasteiger partial charge in [0.05, 0.1) is 16.6 Å². The van der Waals surface area contributed by atoms with Gasteiger partial charge < -0.3 is 0 Å². The van der Waals surface area contributed by atoms with Crippen LogP contribution < -0.4 is 4.57 Å². The zero-order valence-electron chi connectivity index (χ0n) is 14.6. The quantitative estimate of drug-likeness (QED) is 0.502. The zero-order chi connectivity index (χ0) is 16.8.